The molecular formula is C15H16BrN3O3. The first-order chi connectivity index (χ1) is 10.4. The number of nitrogens with zero attached hydrogens (tertiary/aromatic N) is 3. The van der Waals surface area contributed by atoms with Crippen molar-refractivity contribution in [2.45, 2.75) is 26.2 Å². The molecule has 116 valence electrons. The molecule has 1 amide bonds. The number of carboxylic acids is 1. The maximum atomic E-state index is 12.5. The topological polar surface area (TPSA) is 94.3 Å². The van der Waals surface area contributed by atoms with Crippen LogP contribution in [0.5, 0.6) is 0 Å². The van der Waals surface area contributed by atoms with E-state index in [2.05, 4.69) is 27.0 Å². The molecule has 3 rings (SSSR count). The molecule has 1 saturated heterocycles. The highest BCUT2D eigenvalue weighted by Gasteiger charge is 2.56. The van der Waals surface area contributed by atoms with Crippen LogP contribution in [0, 0.1) is 22.7 Å². The molecule has 0 bridgehead atoms. The van der Waals surface area contributed by atoms with Gasteiger partial charge in [0.25, 0.3) is 5.97 Å². The molecule has 1 atom stereocenters. The fourth-order valence-electron chi connectivity index (χ4n) is 2.69. The van der Waals surface area contributed by atoms with Crippen LogP contribution < -0.4 is 4.90 Å². The average Bonchev–Trinajstić information content (AvgIpc) is 3.23. The Morgan fingerprint density at radius 2 is 2.23 bits per heavy atom. The van der Waals surface area contributed by atoms with Crippen molar-refractivity contribution in [1.82, 2.24) is 4.98 Å². The van der Waals surface area contributed by atoms with E-state index in [0.717, 1.165) is 25.5 Å². The molecule has 22 heavy (non-hydrogen) atoms. The van der Waals surface area contributed by atoms with Crippen LogP contribution in [0.2, 0.25) is 0 Å². The lowest BCUT2D eigenvalue weighted by atomic mass is 9.83. The fraction of sp³-hybridized carbons (Fsp3) is 0.467. The summed E-state index contributed by atoms with van der Waals surface area (Å²) in [7, 11) is 0. The van der Waals surface area contributed by atoms with Gasteiger partial charge in [0, 0.05) is 25.4 Å². The van der Waals surface area contributed by atoms with Crippen LogP contribution in [0.4, 0.5) is 5.69 Å². The summed E-state index contributed by atoms with van der Waals surface area (Å²) in [6.07, 6.45) is 4.32. The van der Waals surface area contributed by atoms with Crippen LogP contribution in [0.3, 0.4) is 0 Å². The maximum absolute atomic E-state index is 12.5. The van der Waals surface area contributed by atoms with Gasteiger partial charge in [0.2, 0.25) is 5.91 Å². The number of carboxylic acid groups (broad SMARTS) is 1. The van der Waals surface area contributed by atoms with Crippen LogP contribution >= 0.6 is 15.9 Å². The van der Waals surface area contributed by atoms with E-state index in [1.807, 2.05) is 12.1 Å². The van der Waals surface area contributed by atoms with E-state index in [4.69, 9.17) is 9.90 Å². The number of hydrogen-bond acceptors (Lipinski definition) is 4. The van der Waals surface area contributed by atoms with Gasteiger partial charge in [0.15, 0.2) is 0 Å². The molecule has 1 aromatic rings. The van der Waals surface area contributed by atoms with Crippen molar-refractivity contribution in [3.63, 3.8) is 0 Å². The lowest BCUT2D eigenvalue weighted by molar-refractivity contribution is -0.134. The van der Waals surface area contributed by atoms with Crippen LogP contribution in [-0.2, 0) is 9.59 Å². The molecule has 6 nitrogen and oxygen atoms in total. The molecule has 2 heterocycles. The SMILES string of the molecule is CC(=O)O.N#C[C@@]1(C2CC2)CCN(c2ccnc(Br)c2)C1=O. The number of amides is 1. The van der Waals surface area contributed by atoms with Crippen molar-refractivity contribution in [2.24, 2.45) is 11.3 Å². The molecule has 7 heteroatoms. The van der Waals surface area contributed by atoms with E-state index in [1.165, 1.54) is 0 Å². The van der Waals surface area contributed by atoms with Gasteiger partial charge in [-0.15, -0.1) is 0 Å². The Morgan fingerprint density at radius 1 is 1.59 bits per heavy atom. The molecule has 0 spiro atoms. The third-order valence-electron chi connectivity index (χ3n) is 3.85. The summed E-state index contributed by atoms with van der Waals surface area (Å²) in [5, 5.41) is 16.8. The first kappa shape index (κ1) is 16.4. The molecule has 1 aromatic heterocycles. The molecule has 2 fully saturated rings. The Balaban J connectivity index is 0.000000396. The Hall–Kier alpha value is -1.94. The van der Waals surface area contributed by atoms with Gasteiger partial charge in [-0.3, -0.25) is 9.59 Å². The monoisotopic (exact) mass is 365 g/mol. The number of aromatic nitrogens is 1. The largest absolute Gasteiger partial charge is 0.481 e. The van der Waals surface area contributed by atoms with E-state index in [1.54, 1.807) is 11.1 Å². The predicted octanol–water partition coefficient (Wildman–Crippen LogP) is 2.59. The number of halogens is 1. The van der Waals surface area contributed by atoms with Crippen molar-refractivity contribution in [1.29, 1.82) is 5.26 Å². The fourth-order valence-corrected chi connectivity index (χ4v) is 3.05. The third-order valence-corrected chi connectivity index (χ3v) is 4.29. The maximum Gasteiger partial charge on any atom is 0.300 e. The summed E-state index contributed by atoms with van der Waals surface area (Å²) in [4.78, 5) is 27.3. The van der Waals surface area contributed by atoms with E-state index < -0.39 is 11.4 Å². The molecule has 1 N–H and O–H groups in total. The van der Waals surface area contributed by atoms with Gasteiger partial charge in [0.1, 0.15) is 10.0 Å². The number of rotatable bonds is 2. The Bertz CT molecular complexity index is 635. The zero-order chi connectivity index (χ0) is 16.3. The third kappa shape index (κ3) is 3.28. The van der Waals surface area contributed by atoms with Crippen LogP contribution in [0.25, 0.3) is 0 Å². The van der Waals surface area contributed by atoms with Crippen molar-refractivity contribution < 1.29 is 14.7 Å². The van der Waals surface area contributed by atoms with Crippen molar-refractivity contribution in [3.8, 4) is 6.07 Å². The van der Waals surface area contributed by atoms with Crippen LogP contribution in [-0.4, -0.2) is 28.5 Å². The molecule has 0 radical (unpaired) electrons. The summed E-state index contributed by atoms with van der Waals surface area (Å²) >= 11 is 3.30. The molecule has 2 aliphatic rings. The number of aliphatic carboxylic acids is 1. The minimum Gasteiger partial charge on any atom is -0.481 e. The molecule has 1 aliphatic heterocycles. The summed E-state index contributed by atoms with van der Waals surface area (Å²) in [5.41, 5.74) is 0.0510. The standard InChI is InChI=1S/C13H12BrN3O.C2H4O2/c14-11-7-10(3-5-16-11)17-6-4-13(8-15,12(17)18)9-1-2-9;1-2(3)4/h3,5,7,9H,1-2,4,6H2;1H3,(H,3,4)/t13-;/m1./s1. The van der Waals surface area contributed by atoms with Gasteiger partial charge in [-0.1, -0.05) is 0 Å². The second-order valence-electron chi connectivity index (χ2n) is 5.42. The molecule has 0 unspecified atom stereocenters. The highest BCUT2D eigenvalue weighted by Crippen LogP contribution is 2.51. The lowest BCUT2D eigenvalue weighted by Gasteiger charge is -2.20. The minimum absolute atomic E-state index is 0.0365. The zero-order valence-corrected chi connectivity index (χ0v) is 13.7. The Kier molecular flexibility index (Phi) is 4.81. The van der Waals surface area contributed by atoms with Gasteiger partial charge in [-0.05, 0) is 53.2 Å². The van der Waals surface area contributed by atoms with Crippen LogP contribution in [0.15, 0.2) is 22.9 Å². The first-order valence-electron chi connectivity index (χ1n) is 6.95. The van der Waals surface area contributed by atoms with Crippen molar-refractivity contribution in [2.75, 3.05) is 11.4 Å². The number of nitriles is 1. The highest BCUT2D eigenvalue weighted by atomic mass is 79.9. The highest BCUT2D eigenvalue weighted by molar-refractivity contribution is 9.10. The predicted molar refractivity (Wildman–Crippen MR) is 83.0 cm³/mol. The second kappa shape index (κ2) is 6.44. The first-order valence-corrected chi connectivity index (χ1v) is 7.74. The second-order valence-corrected chi connectivity index (χ2v) is 6.23. The Labute approximate surface area is 136 Å². The minimum atomic E-state index is -0.833. The van der Waals surface area contributed by atoms with E-state index >= 15 is 0 Å². The van der Waals surface area contributed by atoms with E-state index in [0.29, 0.717) is 17.6 Å². The number of anilines is 1. The van der Waals surface area contributed by atoms with Gasteiger partial charge in [0.05, 0.1) is 6.07 Å². The van der Waals surface area contributed by atoms with Crippen molar-refractivity contribution >= 4 is 33.5 Å². The molecule has 1 saturated carbocycles. The zero-order valence-electron chi connectivity index (χ0n) is 12.1. The summed E-state index contributed by atoms with van der Waals surface area (Å²) < 4.78 is 0.702. The quantitative estimate of drug-likeness (QED) is 0.812. The number of carbonyl (C=O) groups is 2. The lowest BCUT2D eigenvalue weighted by Crippen LogP contribution is -2.35. The number of carbonyl (C=O) groups excluding carboxylic acids is 1. The number of hydrogen-bond donors (Lipinski definition) is 1. The van der Waals surface area contributed by atoms with Gasteiger partial charge in [-0.25, -0.2) is 4.98 Å². The van der Waals surface area contributed by atoms with E-state index in [-0.39, 0.29) is 11.8 Å². The normalized spacial score (nSPS) is 23.5. The molecule has 1 aliphatic carbocycles. The van der Waals surface area contributed by atoms with Crippen molar-refractivity contribution in [3.05, 3.63) is 22.9 Å². The van der Waals surface area contributed by atoms with Gasteiger partial charge in [-0.2, -0.15) is 5.26 Å². The van der Waals surface area contributed by atoms with E-state index in [9.17, 15) is 10.1 Å². The molecule has 0 aromatic carbocycles. The summed E-state index contributed by atoms with van der Waals surface area (Å²) in [6, 6.07) is 5.91. The Morgan fingerprint density at radius 3 is 2.73 bits per heavy atom. The van der Waals surface area contributed by atoms with Gasteiger partial charge >= 0.3 is 0 Å². The average molecular weight is 366 g/mol. The smallest absolute Gasteiger partial charge is 0.300 e. The molecular weight excluding hydrogens is 350 g/mol. The summed E-state index contributed by atoms with van der Waals surface area (Å²) in [6.45, 7) is 1.71. The summed E-state index contributed by atoms with van der Waals surface area (Å²) in [5.74, 6) is -0.601. The number of pyridine rings is 1. The van der Waals surface area contributed by atoms with Gasteiger partial charge < -0.3 is 10.0 Å². The van der Waals surface area contributed by atoms with Crippen LogP contribution in [0.1, 0.15) is 26.2 Å².